The van der Waals surface area contributed by atoms with Crippen LogP contribution in [0.2, 0.25) is 0 Å². The number of rotatable bonds is 6. The standard InChI is InChI=1S/C12H19N3O4/c1-8(2)6-9(7-16)13-12(17)10-4-5-11(14(10)3)15(18)19/h4-5,8-9,16H,6-7H2,1-3H3,(H,13,17). The van der Waals surface area contributed by atoms with Gasteiger partial charge in [0.05, 0.1) is 19.7 Å². The monoisotopic (exact) mass is 269 g/mol. The lowest BCUT2D eigenvalue weighted by Gasteiger charge is -2.17. The first-order valence-corrected chi connectivity index (χ1v) is 6.08. The maximum atomic E-state index is 12.0. The molecule has 1 heterocycles. The number of aliphatic hydroxyl groups excluding tert-OH is 1. The smallest absolute Gasteiger partial charge is 0.323 e. The van der Waals surface area contributed by atoms with Crippen molar-refractivity contribution in [1.29, 1.82) is 0 Å². The summed E-state index contributed by atoms with van der Waals surface area (Å²) in [4.78, 5) is 22.1. The van der Waals surface area contributed by atoms with Crippen molar-refractivity contribution < 1.29 is 14.8 Å². The van der Waals surface area contributed by atoms with Gasteiger partial charge in [-0.3, -0.25) is 4.79 Å². The van der Waals surface area contributed by atoms with E-state index in [1.807, 2.05) is 13.8 Å². The zero-order valence-electron chi connectivity index (χ0n) is 11.3. The predicted molar refractivity (Wildman–Crippen MR) is 69.9 cm³/mol. The number of aromatic nitrogens is 1. The fourth-order valence-electron chi connectivity index (χ4n) is 1.92. The van der Waals surface area contributed by atoms with Crippen molar-refractivity contribution in [1.82, 2.24) is 9.88 Å². The van der Waals surface area contributed by atoms with E-state index in [2.05, 4.69) is 5.32 Å². The lowest BCUT2D eigenvalue weighted by Crippen LogP contribution is -2.39. The van der Waals surface area contributed by atoms with Gasteiger partial charge in [0, 0.05) is 6.07 Å². The van der Waals surface area contributed by atoms with Crippen molar-refractivity contribution in [2.45, 2.75) is 26.3 Å². The van der Waals surface area contributed by atoms with E-state index in [-0.39, 0.29) is 24.2 Å². The Morgan fingerprint density at radius 3 is 2.58 bits per heavy atom. The largest absolute Gasteiger partial charge is 0.394 e. The molecule has 0 fully saturated rings. The maximum absolute atomic E-state index is 12.0. The molecule has 0 aromatic carbocycles. The van der Waals surface area contributed by atoms with Gasteiger partial charge in [0.15, 0.2) is 5.69 Å². The van der Waals surface area contributed by atoms with Crippen molar-refractivity contribution in [3.63, 3.8) is 0 Å². The molecule has 0 spiro atoms. The van der Waals surface area contributed by atoms with Crippen molar-refractivity contribution >= 4 is 11.7 Å². The highest BCUT2D eigenvalue weighted by atomic mass is 16.6. The van der Waals surface area contributed by atoms with E-state index in [9.17, 15) is 20.0 Å². The zero-order valence-corrected chi connectivity index (χ0v) is 11.3. The van der Waals surface area contributed by atoms with E-state index >= 15 is 0 Å². The third kappa shape index (κ3) is 3.78. The third-order valence-corrected chi connectivity index (χ3v) is 2.83. The van der Waals surface area contributed by atoms with Gasteiger partial charge in [0.1, 0.15) is 0 Å². The molecule has 1 rings (SSSR count). The molecule has 7 heteroatoms. The second-order valence-electron chi connectivity index (χ2n) is 4.88. The van der Waals surface area contributed by atoms with E-state index in [0.717, 1.165) is 0 Å². The Labute approximate surface area is 111 Å². The minimum absolute atomic E-state index is 0.144. The van der Waals surface area contributed by atoms with Crippen molar-refractivity contribution in [2.75, 3.05) is 6.61 Å². The number of nitro groups is 1. The summed E-state index contributed by atoms with van der Waals surface area (Å²) in [6, 6.07) is 2.34. The molecule has 1 atom stereocenters. The molecule has 1 aromatic heterocycles. The molecule has 0 saturated carbocycles. The summed E-state index contributed by atoms with van der Waals surface area (Å²) in [6.07, 6.45) is 0.648. The van der Waals surface area contributed by atoms with Crippen LogP contribution >= 0.6 is 0 Å². The van der Waals surface area contributed by atoms with Crippen LogP contribution in [0.25, 0.3) is 0 Å². The van der Waals surface area contributed by atoms with Crippen LogP contribution in [-0.4, -0.2) is 33.2 Å². The zero-order chi connectivity index (χ0) is 14.6. The van der Waals surface area contributed by atoms with Crippen LogP contribution in [0.5, 0.6) is 0 Å². The molecule has 0 aliphatic rings. The molecule has 7 nitrogen and oxygen atoms in total. The molecule has 1 aromatic rings. The van der Waals surface area contributed by atoms with Gasteiger partial charge in [-0.15, -0.1) is 0 Å². The Balaban J connectivity index is 2.80. The van der Waals surface area contributed by atoms with E-state index in [0.29, 0.717) is 12.3 Å². The summed E-state index contributed by atoms with van der Waals surface area (Å²) >= 11 is 0. The lowest BCUT2D eigenvalue weighted by molar-refractivity contribution is -0.391. The molecule has 0 aliphatic heterocycles. The van der Waals surface area contributed by atoms with E-state index < -0.39 is 10.8 Å². The van der Waals surface area contributed by atoms with Crippen molar-refractivity contribution in [2.24, 2.45) is 13.0 Å². The first-order valence-electron chi connectivity index (χ1n) is 6.08. The van der Waals surface area contributed by atoms with Gasteiger partial charge in [-0.2, -0.15) is 0 Å². The van der Waals surface area contributed by atoms with Crippen LogP contribution in [-0.2, 0) is 7.05 Å². The first-order chi connectivity index (χ1) is 8.86. The fourth-order valence-corrected chi connectivity index (χ4v) is 1.92. The Morgan fingerprint density at radius 1 is 1.53 bits per heavy atom. The number of nitrogens with one attached hydrogen (secondary N) is 1. The van der Waals surface area contributed by atoms with Crippen LogP contribution in [0, 0.1) is 16.0 Å². The number of hydrogen-bond acceptors (Lipinski definition) is 4. The lowest BCUT2D eigenvalue weighted by atomic mass is 10.0. The molecule has 106 valence electrons. The van der Waals surface area contributed by atoms with Gasteiger partial charge < -0.3 is 20.5 Å². The van der Waals surface area contributed by atoms with Crippen LogP contribution in [0.1, 0.15) is 30.8 Å². The van der Waals surface area contributed by atoms with E-state index in [1.165, 1.54) is 23.7 Å². The Bertz CT molecular complexity index is 468. The average molecular weight is 269 g/mol. The molecule has 0 saturated heterocycles. The van der Waals surface area contributed by atoms with Crippen molar-refractivity contribution in [3.05, 3.63) is 27.9 Å². The molecule has 1 amide bonds. The Morgan fingerprint density at radius 2 is 2.16 bits per heavy atom. The molecule has 0 aliphatic carbocycles. The highest BCUT2D eigenvalue weighted by Gasteiger charge is 2.22. The summed E-state index contributed by atoms with van der Waals surface area (Å²) in [6.45, 7) is 3.82. The topological polar surface area (TPSA) is 97.4 Å². The molecule has 0 radical (unpaired) electrons. The number of carbonyl (C=O) groups is 1. The molecule has 19 heavy (non-hydrogen) atoms. The molecular formula is C12H19N3O4. The summed E-state index contributed by atoms with van der Waals surface area (Å²) < 4.78 is 1.22. The molecule has 1 unspecified atom stereocenters. The van der Waals surface area contributed by atoms with Crippen LogP contribution < -0.4 is 5.32 Å². The molecule has 0 bridgehead atoms. The number of hydrogen-bond donors (Lipinski definition) is 2. The Kier molecular flexibility index (Phi) is 5.05. The summed E-state index contributed by atoms with van der Waals surface area (Å²) in [5, 5.41) is 22.6. The normalized spacial score (nSPS) is 12.5. The van der Waals surface area contributed by atoms with Gasteiger partial charge in [-0.05, 0) is 23.3 Å². The minimum Gasteiger partial charge on any atom is -0.394 e. The van der Waals surface area contributed by atoms with Gasteiger partial charge in [0.2, 0.25) is 0 Å². The second-order valence-corrected chi connectivity index (χ2v) is 4.88. The fraction of sp³-hybridized carbons (Fsp3) is 0.583. The van der Waals surface area contributed by atoms with Gasteiger partial charge >= 0.3 is 5.82 Å². The number of carbonyl (C=O) groups excluding carboxylic acids is 1. The quantitative estimate of drug-likeness (QED) is 0.596. The summed E-state index contributed by atoms with van der Waals surface area (Å²) in [7, 11) is 1.46. The first kappa shape index (κ1) is 15.2. The summed E-state index contributed by atoms with van der Waals surface area (Å²) in [5.74, 6) is -0.231. The van der Waals surface area contributed by atoms with E-state index in [1.54, 1.807) is 0 Å². The maximum Gasteiger partial charge on any atom is 0.323 e. The van der Waals surface area contributed by atoms with Gasteiger partial charge in [-0.1, -0.05) is 13.8 Å². The average Bonchev–Trinajstić information content (AvgIpc) is 2.69. The van der Waals surface area contributed by atoms with Gasteiger partial charge in [0.25, 0.3) is 5.91 Å². The second kappa shape index (κ2) is 6.33. The van der Waals surface area contributed by atoms with Gasteiger partial charge in [-0.25, -0.2) is 4.57 Å². The predicted octanol–water partition coefficient (Wildman–Crippen LogP) is 1.07. The number of nitrogens with zero attached hydrogens (tertiary/aromatic N) is 2. The number of aliphatic hydroxyl groups is 1. The Hall–Kier alpha value is -1.89. The SMILES string of the molecule is CC(C)CC(CO)NC(=O)c1ccc([N+](=O)[O-])n1C. The van der Waals surface area contributed by atoms with Crippen LogP contribution in [0.3, 0.4) is 0 Å². The summed E-state index contributed by atoms with van der Waals surface area (Å²) in [5.41, 5.74) is 0.203. The van der Waals surface area contributed by atoms with E-state index in [4.69, 9.17) is 0 Å². The highest BCUT2D eigenvalue weighted by Crippen LogP contribution is 2.15. The molecular weight excluding hydrogens is 250 g/mol. The van der Waals surface area contributed by atoms with Crippen LogP contribution in [0.4, 0.5) is 5.82 Å². The number of amides is 1. The third-order valence-electron chi connectivity index (χ3n) is 2.83. The highest BCUT2D eigenvalue weighted by molar-refractivity contribution is 5.93. The minimum atomic E-state index is -0.547. The van der Waals surface area contributed by atoms with Crippen molar-refractivity contribution in [3.8, 4) is 0 Å². The van der Waals surface area contributed by atoms with Crippen LogP contribution in [0.15, 0.2) is 12.1 Å². The molecule has 2 N–H and O–H groups in total.